The Hall–Kier alpha value is -1.11. The van der Waals surface area contributed by atoms with Crippen molar-refractivity contribution in [1.29, 1.82) is 0 Å². The van der Waals surface area contributed by atoms with Crippen LogP contribution in [0, 0.1) is 0 Å². The monoisotopic (exact) mass is 354 g/mol. The molecule has 0 amide bonds. The minimum Gasteiger partial charge on any atom is -0.473 e. The van der Waals surface area contributed by atoms with Crippen LogP contribution < -0.4 is 9.64 Å². The predicted octanol–water partition coefficient (Wildman–Crippen LogP) is 2.61. The molecule has 6 nitrogen and oxygen atoms in total. The molecule has 24 heavy (non-hydrogen) atoms. The van der Waals surface area contributed by atoms with Gasteiger partial charge in [-0.15, -0.1) is 0 Å². The fourth-order valence-electron chi connectivity index (χ4n) is 3.17. The summed E-state index contributed by atoms with van der Waals surface area (Å²) in [6, 6.07) is 1.71. The zero-order valence-electron chi connectivity index (χ0n) is 14.8. The van der Waals surface area contributed by atoms with Gasteiger partial charge in [-0.05, 0) is 40.2 Å². The Morgan fingerprint density at radius 1 is 1.21 bits per heavy atom. The molecule has 134 valence electrons. The highest BCUT2D eigenvalue weighted by Gasteiger charge is 2.29. The fraction of sp³-hybridized carbons (Fsp3) is 0.765. The zero-order valence-corrected chi connectivity index (χ0v) is 15.6. The van der Waals surface area contributed by atoms with Gasteiger partial charge in [0.2, 0.25) is 11.8 Å². The third-order valence-electron chi connectivity index (χ3n) is 4.57. The van der Waals surface area contributed by atoms with Crippen LogP contribution in [0.4, 0.5) is 5.95 Å². The van der Waals surface area contributed by atoms with E-state index in [0.29, 0.717) is 30.2 Å². The summed E-state index contributed by atoms with van der Waals surface area (Å²) in [6.07, 6.45) is 2.32. The van der Waals surface area contributed by atoms with Crippen LogP contribution >= 0.6 is 11.6 Å². The van der Waals surface area contributed by atoms with Crippen molar-refractivity contribution < 1.29 is 9.47 Å². The van der Waals surface area contributed by atoms with Crippen molar-refractivity contribution in [2.45, 2.75) is 45.3 Å². The zero-order chi connectivity index (χ0) is 17.2. The number of morpholine rings is 1. The van der Waals surface area contributed by atoms with Crippen molar-refractivity contribution in [3.05, 3.63) is 11.2 Å². The molecule has 1 atom stereocenters. The van der Waals surface area contributed by atoms with E-state index >= 15 is 0 Å². The van der Waals surface area contributed by atoms with Gasteiger partial charge in [-0.25, -0.2) is 4.98 Å². The van der Waals surface area contributed by atoms with Crippen molar-refractivity contribution in [3.8, 4) is 5.88 Å². The average Bonchev–Trinajstić information content (AvgIpc) is 2.54. The lowest BCUT2D eigenvalue weighted by Crippen LogP contribution is -2.50. The second-order valence-electron chi connectivity index (χ2n) is 7.43. The van der Waals surface area contributed by atoms with Crippen LogP contribution in [0.25, 0.3) is 0 Å². The molecule has 1 aromatic heterocycles. The predicted molar refractivity (Wildman–Crippen MR) is 95.1 cm³/mol. The van der Waals surface area contributed by atoms with E-state index in [1.807, 2.05) is 0 Å². The maximum absolute atomic E-state index is 6.19. The highest BCUT2D eigenvalue weighted by molar-refractivity contribution is 6.29. The smallest absolute Gasteiger partial charge is 0.230 e. The van der Waals surface area contributed by atoms with Gasteiger partial charge in [0.05, 0.1) is 13.2 Å². The standard InChI is InChI=1S/C17H27ClN4O2/c1-17(2,3)22-6-4-5-13(12-22)24-15-11-14(18)19-16(20-15)21-7-9-23-10-8-21/h11,13H,4-10,12H2,1-3H3/t13-/m0/s1. The van der Waals surface area contributed by atoms with E-state index in [4.69, 9.17) is 21.1 Å². The number of ether oxygens (including phenoxy) is 2. The molecule has 0 N–H and O–H groups in total. The minimum atomic E-state index is 0.140. The van der Waals surface area contributed by atoms with Crippen molar-refractivity contribution in [2.75, 3.05) is 44.3 Å². The molecular formula is C17H27ClN4O2. The van der Waals surface area contributed by atoms with Gasteiger partial charge >= 0.3 is 0 Å². The Labute approximate surface area is 149 Å². The number of hydrogen-bond donors (Lipinski definition) is 0. The SMILES string of the molecule is CC(C)(C)N1CCC[C@H](Oc2cc(Cl)nc(N3CCOCC3)n2)C1. The fourth-order valence-corrected chi connectivity index (χ4v) is 3.33. The summed E-state index contributed by atoms with van der Waals surface area (Å²) in [7, 11) is 0. The van der Waals surface area contributed by atoms with Gasteiger partial charge in [0.15, 0.2) is 0 Å². The van der Waals surface area contributed by atoms with Gasteiger partial charge in [0, 0.05) is 31.2 Å². The first-order chi connectivity index (χ1) is 11.4. The lowest BCUT2D eigenvalue weighted by molar-refractivity contribution is 0.0326. The summed E-state index contributed by atoms with van der Waals surface area (Å²) in [6.45, 7) is 11.7. The van der Waals surface area contributed by atoms with Gasteiger partial charge in [-0.3, -0.25) is 4.90 Å². The highest BCUT2D eigenvalue weighted by atomic mass is 35.5. The van der Waals surface area contributed by atoms with Crippen molar-refractivity contribution in [1.82, 2.24) is 14.9 Å². The van der Waals surface area contributed by atoms with Crippen LogP contribution in [0.3, 0.4) is 0 Å². The van der Waals surface area contributed by atoms with Crippen LogP contribution in [-0.2, 0) is 4.74 Å². The molecule has 0 aliphatic carbocycles. The largest absolute Gasteiger partial charge is 0.473 e. The Kier molecular flexibility index (Phi) is 5.47. The number of nitrogens with zero attached hydrogens (tertiary/aromatic N) is 4. The normalized spacial score (nSPS) is 23.3. The van der Waals surface area contributed by atoms with E-state index in [2.05, 4.69) is 40.5 Å². The van der Waals surface area contributed by atoms with Gasteiger partial charge in [0.1, 0.15) is 11.3 Å². The van der Waals surface area contributed by atoms with Gasteiger partial charge < -0.3 is 14.4 Å². The Morgan fingerprint density at radius 2 is 1.96 bits per heavy atom. The second kappa shape index (κ2) is 7.42. The quantitative estimate of drug-likeness (QED) is 0.778. The molecule has 7 heteroatoms. The Balaban J connectivity index is 1.69. The molecule has 0 unspecified atom stereocenters. The number of likely N-dealkylation sites (tertiary alicyclic amines) is 1. The average molecular weight is 355 g/mol. The third kappa shape index (κ3) is 4.49. The summed E-state index contributed by atoms with van der Waals surface area (Å²) in [4.78, 5) is 13.5. The van der Waals surface area contributed by atoms with Gasteiger partial charge in [0.25, 0.3) is 0 Å². The molecule has 2 aliphatic heterocycles. The van der Waals surface area contributed by atoms with E-state index in [1.165, 1.54) is 0 Å². The van der Waals surface area contributed by atoms with Crippen LogP contribution in [0.1, 0.15) is 33.6 Å². The summed E-state index contributed by atoms with van der Waals surface area (Å²) in [5.74, 6) is 1.20. The minimum absolute atomic E-state index is 0.140. The van der Waals surface area contributed by atoms with Crippen molar-refractivity contribution in [2.24, 2.45) is 0 Å². The van der Waals surface area contributed by atoms with E-state index in [1.54, 1.807) is 6.07 Å². The number of rotatable bonds is 3. The number of hydrogen-bond acceptors (Lipinski definition) is 6. The molecule has 2 fully saturated rings. The first-order valence-electron chi connectivity index (χ1n) is 8.71. The molecule has 3 heterocycles. The van der Waals surface area contributed by atoms with Crippen LogP contribution in [0.2, 0.25) is 5.15 Å². The maximum Gasteiger partial charge on any atom is 0.230 e. The topological polar surface area (TPSA) is 50.7 Å². The van der Waals surface area contributed by atoms with Crippen LogP contribution in [0.5, 0.6) is 5.88 Å². The molecule has 0 radical (unpaired) electrons. The molecule has 0 bridgehead atoms. The first kappa shape index (κ1) is 17.7. The van der Waals surface area contributed by atoms with Crippen LogP contribution in [-0.4, -0.2) is 65.9 Å². The molecule has 3 rings (SSSR count). The Bertz CT molecular complexity index is 558. The molecule has 0 saturated carbocycles. The molecular weight excluding hydrogens is 328 g/mol. The molecule has 0 spiro atoms. The van der Waals surface area contributed by atoms with E-state index in [0.717, 1.165) is 39.0 Å². The molecule has 1 aromatic rings. The second-order valence-corrected chi connectivity index (χ2v) is 7.81. The maximum atomic E-state index is 6.19. The van der Waals surface area contributed by atoms with E-state index < -0.39 is 0 Å². The van der Waals surface area contributed by atoms with Gasteiger partial charge in [-0.1, -0.05) is 11.6 Å². The van der Waals surface area contributed by atoms with E-state index in [9.17, 15) is 0 Å². The summed E-state index contributed by atoms with van der Waals surface area (Å²) in [5.41, 5.74) is 0.157. The molecule has 2 saturated heterocycles. The van der Waals surface area contributed by atoms with Gasteiger partial charge in [-0.2, -0.15) is 4.98 Å². The summed E-state index contributed by atoms with van der Waals surface area (Å²) < 4.78 is 11.5. The first-order valence-corrected chi connectivity index (χ1v) is 9.08. The number of halogens is 1. The Morgan fingerprint density at radius 3 is 2.67 bits per heavy atom. The lowest BCUT2D eigenvalue weighted by atomic mass is 9.99. The molecule has 0 aromatic carbocycles. The van der Waals surface area contributed by atoms with Crippen LogP contribution in [0.15, 0.2) is 6.07 Å². The number of aromatic nitrogens is 2. The van der Waals surface area contributed by atoms with E-state index in [-0.39, 0.29) is 11.6 Å². The summed E-state index contributed by atoms with van der Waals surface area (Å²) in [5, 5.41) is 0.421. The number of piperidine rings is 1. The molecule has 2 aliphatic rings. The number of anilines is 1. The highest BCUT2D eigenvalue weighted by Crippen LogP contribution is 2.25. The third-order valence-corrected chi connectivity index (χ3v) is 4.76. The van der Waals surface area contributed by atoms with Crippen molar-refractivity contribution in [3.63, 3.8) is 0 Å². The van der Waals surface area contributed by atoms with Crippen molar-refractivity contribution >= 4 is 17.5 Å². The lowest BCUT2D eigenvalue weighted by Gasteiger charge is -2.41. The summed E-state index contributed by atoms with van der Waals surface area (Å²) >= 11 is 6.19.